The van der Waals surface area contributed by atoms with E-state index in [1.54, 1.807) is 32.5 Å². The molecule has 0 unspecified atom stereocenters. The number of carbonyl (C=O) groups is 1. The lowest BCUT2D eigenvalue weighted by atomic mass is 10.2. The van der Waals surface area contributed by atoms with Crippen molar-refractivity contribution in [3.05, 3.63) is 53.9 Å². The topological polar surface area (TPSA) is 111 Å². The smallest absolute Gasteiger partial charge is 0.252 e. The number of ether oxygens (including phenoxy) is 2. The first-order chi connectivity index (χ1) is 12.6. The molecule has 0 radical (unpaired) electrons. The van der Waals surface area contributed by atoms with Crippen LogP contribution in [0.25, 0.3) is 0 Å². The van der Waals surface area contributed by atoms with Gasteiger partial charge < -0.3 is 25.8 Å². The zero-order valence-corrected chi connectivity index (χ0v) is 14.9. The van der Waals surface area contributed by atoms with Crippen LogP contribution in [0.2, 0.25) is 0 Å². The number of methoxy groups -OCH3 is 2. The fraction of sp³-hybridized carbons (Fsp3) is 0.278. The molecule has 1 heterocycles. The molecule has 0 atom stereocenters. The largest absolute Gasteiger partial charge is 0.493 e. The quantitative estimate of drug-likeness (QED) is 0.368. The maximum atomic E-state index is 11.9. The predicted molar refractivity (Wildman–Crippen MR) is 99.4 cm³/mol. The first kappa shape index (κ1) is 19.0. The zero-order chi connectivity index (χ0) is 18.8. The molecule has 4 N–H and O–H groups in total. The van der Waals surface area contributed by atoms with Crippen LogP contribution in [0.4, 0.5) is 0 Å². The normalized spacial score (nSPS) is 10.9. The first-order valence-electron chi connectivity index (χ1n) is 8.07. The number of hydrogen-bond acceptors (Lipinski definition) is 5. The number of hydrogen-bond donors (Lipinski definition) is 3. The van der Waals surface area contributed by atoms with E-state index in [4.69, 9.17) is 15.2 Å². The van der Waals surface area contributed by atoms with Gasteiger partial charge in [-0.2, -0.15) is 0 Å². The van der Waals surface area contributed by atoms with E-state index in [2.05, 4.69) is 20.6 Å². The molecule has 1 aromatic heterocycles. The molecule has 0 aliphatic carbocycles. The van der Waals surface area contributed by atoms with E-state index in [-0.39, 0.29) is 5.91 Å². The first-order valence-corrected chi connectivity index (χ1v) is 8.07. The standard InChI is InChI=1S/C18H23N5O3/c1-25-15-6-5-13(10-16(15)26-2)11-23-18(19)22-9-8-21-17(24)14-4-3-7-20-12-14/h3-7,10,12H,8-9,11H2,1-2H3,(H,21,24)(H3,19,22,23). The molecule has 0 saturated heterocycles. The number of guanidine groups is 1. The van der Waals surface area contributed by atoms with Crippen LogP contribution in [-0.4, -0.2) is 44.2 Å². The SMILES string of the molecule is COc1ccc(CN=C(N)NCCNC(=O)c2cccnc2)cc1OC. The number of pyridine rings is 1. The van der Waals surface area contributed by atoms with Gasteiger partial charge in [-0.25, -0.2) is 4.99 Å². The molecule has 1 amide bonds. The Balaban J connectivity index is 1.75. The third kappa shape index (κ3) is 5.66. The minimum atomic E-state index is -0.180. The summed E-state index contributed by atoms with van der Waals surface area (Å²) in [5.41, 5.74) is 7.29. The van der Waals surface area contributed by atoms with Gasteiger partial charge in [-0.15, -0.1) is 0 Å². The molecule has 2 aromatic rings. The van der Waals surface area contributed by atoms with Gasteiger partial charge in [-0.05, 0) is 29.8 Å². The van der Waals surface area contributed by atoms with Crippen LogP contribution in [0.5, 0.6) is 11.5 Å². The van der Waals surface area contributed by atoms with Crippen LogP contribution in [0, 0.1) is 0 Å². The van der Waals surface area contributed by atoms with Crippen LogP contribution in [0.1, 0.15) is 15.9 Å². The van der Waals surface area contributed by atoms with Gasteiger partial charge in [-0.3, -0.25) is 9.78 Å². The molecule has 1 aromatic carbocycles. The van der Waals surface area contributed by atoms with E-state index >= 15 is 0 Å². The maximum absolute atomic E-state index is 11.9. The minimum Gasteiger partial charge on any atom is -0.493 e. The van der Waals surface area contributed by atoms with Crippen LogP contribution in [0.3, 0.4) is 0 Å². The molecule has 8 nitrogen and oxygen atoms in total. The summed E-state index contributed by atoms with van der Waals surface area (Å²) in [5, 5.41) is 5.73. The summed E-state index contributed by atoms with van der Waals surface area (Å²) in [6.45, 7) is 1.29. The van der Waals surface area contributed by atoms with Crippen molar-refractivity contribution in [3.63, 3.8) is 0 Å². The summed E-state index contributed by atoms with van der Waals surface area (Å²) < 4.78 is 10.5. The van der Waals surface area contributed by atoms with Crippen molar-refractivity contribution in [1.82, 2.24) is 15.6 Å². The third-order valence-corrected chi connectivity index (χ3v) is 3.52. The van der Waals surface area contributed by atoms with E-state index < -0.39 is 0 Å². The molecular weight excluding hydrogens is 334 g/mol. The number of nitrogens with zero attached hydrogens (tertiary/aromatic N) is 2. The lowest BCUT2D eigenvalue weighted by Crippen LogP contribution is -2.38. The number of nitrogens with one attached hydrogen (secondary N) is 2. The van der Waals surface area contributed by atoms with Crippen molar-refractivity contribution in [2.75, 3.05) is 27.3 Å². The van der Waals surface area contributed by atoms with E-state index in [9.17, 15) is 4.79 Å². The fourth-order valence-corrected chi connectivity index (χ4v) is 2.18. The Labute approximate surface area is 152 Å². The van der Waals surface area contributed by atoms with Crippen LogP contribution >= 0.6 is 0 Å². The van der Waals surface area contributed by atoms with Gasteiger partial charge >= 0.3 is 0 Å². The van der Waals surface area contributed by atoms with Gasteiger partial charge in [0.15, 0.2) is 17.5 Å². The Morgan fingerprint density at radius 3 is 2.62 bits per heavy atom. The van der Waals surface area contributed by atoms with E-state index in [1.165, 1.54) is 6.20 Å². The van der Waals surface area contributed by atoms with Crippen molar-refractivity contribution in [2.45, 2.75) is 6.54 Å². The number of nitrogens with two attached hydrogens (primary N) is 1. The second kappa shape index (κ2) is 9.87. The molecule has 0 aliphatic heterocycles. The number of carbonyl (C=O) groups excluding carboxylic acids is 1. The summed E-state index contributed by atoms with van der Waals surface area (Å²) >= 11 is 0. The van der Waals surface area contributed by atoms with Crippen molar-refractivity contribution >= 4 is 11.9 Å². The molecule has 26 heavy (non-hydrogen) atoms. The Morgan fingerprint density at radius 1 is 1.15 bits per heavy atom. The van der Waals surface area contributed by atoms with Gasteiger partial charge in [0.2, 0.25) is 0 Å². The average molecular weight is 357 g/mol. The van der Waals surface area contributed by atoms with Gasteiger partial charge in [0.25, 0.3) is 5.91 Å². The number of rotatable bonds is 8. The van der Waals surface area contributed by atoms with Crippen LogP contribution < -0.4 is 25.8 Å². The van der Waals surface area contributed by atoms with Crippen LogP contribution in [0.15, 0.2) is 47.7 Å². The zero-order valence-electron chi connectivity index (χ0n) is 14.9. The molecular formula is C18H23N5O3. The molecule has 0 spiro atoms. The van der Waals surface area contributed by atoms with E-state index in [0.717, 1.165) is 5.56 Å². The molecule has 0 aliphatic rings. The number of aliphatic imine (C=N–C) groups is 1. The average Bonchev–Trinajstić information content (AvgIpc) is 2.69. The van der Waals surface area contributed by atoms with Gasteiger partial charge in [0.1, 0.15) is 0 Å². The van der Waals surface area contributed by atoms with E-state index in [0.29, 0.717) is 42.7 Å². The fourth-order valence-electron chi connectivity index (χ4n) is 2.18. The summed E-state index contributed by atoms with van der Waals surface area (Å²) in [6.07, 6.45) is 3.13. The van der Waals surface area contributed by atoms with Crippen molar-refractivity contribution in [1.29, 1.82) is 0 Å². The third-order valence-electron chi connectivity index (χ3n) is 3.52. The molecule has 0 bridgehead atoms. The molecule has 0 saturated carbocycles. The summed E-state index contributed by atoms with van der Waals surface area (Å²) in [4.78, 5) is 20.0. The second-order valence-corrected chi connectivity index (χ2v) is 5.32. The summed E-state index contributed by atoms with van der Waals surface area (Å²) in [7, 11) is 3.17. The molecule has 2 rings (SSSR count). The lowest BCUT2D eigenvalue weighted by Gasteiger charge is -2.09. The summed E-state index contributed by atoms with van der Waals surface area (Å²) in [6, 6.07) is 8.98. The van der Waals surface area contributed by atoms with E-state index in [1.807, 2.05) is 18.2 Å². The number of benzene rings is 1. The Bertz CT molecular complexity index is 750. The van der Waals surface area contributed by atoms with Crippen LogP contribution in [-0.2, 0) is 6.54 Å². The molecule has 0 fully saturated rings. The second-order valence-electron chi connectivity index (χ2n) is 5.32. The van der Waals surface area contributed by atoms with Crippen molar-refractivity contribution < 1.29 is 14.3 Å². The van der Waals surface area contributed by atoms with Crippen molar-refractivity contribution in [2.24, 2.45) is 10.7 Å². The highest BCUT2D eigenvalue weighted by atomic mass is 16.5. The van der Waals surface area contributed by atoms with Crippen molar-refractivity contribution in [3.8, 4) is 11.5 Å². The monoisotopic (exact) mass is 357 g/mol. The number of amides is 1. The highest BCUT2D eigenvalue weighted by Gasteiger charge is 2.05. The molecule has 138 valence electrons. The minimum absolute atomic E-state index is 0.180. The lowest BCUT2D eigenvalue weighted by molar-refractivity contribution is 0.0954. The van der Waals surface area contributed by atoms with Gasteiger partial charge in [-0.1, -0.05) is 6.07 Å². The van der Waals surface area contributed by atoms with Gasteiger partial charge in [0, 0.05) is 25.5 Å². The van der Waals surface area contributed by atoms with Gasteiger partial charge in [0.05, 0.1) is 26.3 Å². The highest BCUT2D eigenvalue weighted by Crippen LogP contribution is 2.27. The number of aromatic nitrogens is 1. The maximum Gasteiger partial charge on any atom is 0.252 e. The summed E-state index contributed by atoms with van der Waals surface area (Å²) in [5.74, 6) is 1.43. The Kier molecular flexibility index (Phi) is 7.23. The predicted octanol–water partition coefficient (Wildman–Crippen LogP) is 0.933. The highest BCUT2D eigenvalue weighted by molar-refractivity contribution is 5.93. The molecule has 8 heteroatoms. The Morgan fingerprint density at radius 2 is 1.92 bits per heavy atom. The Hall–Kier alpha value is -3.29.